The number of fused-ring (bicyclic) bond motifs is 1. The minimum atomic E-state index is -4.53. The zero-order valence-electron chi connectivity index (χ0n) is 21.5. The Morgan fingerprint density at radius 2 is 2.05 bits per heavy atom. The van der Waals surface area contributed by atoms with Gasteiger partial charge in [-0.05, 0) is 24.1 Å². The molecule has 210 valence electrons. The summed E-state index contributed by atoms with van der Waals surface area (Å²) in [4.78, 5) is 18.9. The van der Waals surface area contributed by atoms with Gasteiger partial charge in [0.1, 0.15) is 16.2 Å². The lowest BCUT2D eigenvalue weighted by Crippen LogP contribution is -2.27. The van der Waals surface area contributed by atoms with Crippen LogP contribution in [0.5, 0.6) is 5.75 Å². The second kappa shape index (κ2) is 11.7. The molecule has 1 aromatic carbocycles. The van der Waals surface area contributed by atoms with Gasteiger partial charge in [-0.15, -0.1) is 0 Å². The van der Waals surface area contributed by atoms with Crippen LogP contribution in [0.1, 0.15) is 23.2 Å². The molecule has 1 aliphatic heterocycles. The van der Waals surface area contributed by atoms with Crippen molar-refractivity contribution in [3.8, 4) is 5.75 Å². The molecule has 0 atom stereocenters. The highest BCUT2D eigenvalue weighted by molar-refractivity contribution is 6.36. The SMILES string of the molecule is Cn1c(Nc2ccc(CN3CCCOCC3)c(C(F)(F)F)c2)nc2ncc(OC(=CN)c3cnccn3)c(Cl)c21. The van der Waals surface area contributed by atoms with Gasteiger partial charge < -0.3 is 25.1 Å². The molecular formula is C26H26ClF3N8O2. The number of hydrogen-bond donors (Lipinski definition) is 2. The number of hydrogen-bond acceptors (Lipinski definition) is 9. The molecule has 10 nitrogen and oxygen atoms in total. The highest BCUT2D eigenvalue weighted by Gasteiger charge is 2.34. The third-order valence-electron chi connectivity index (χ3n) is 6.37. The lowest BCUT2D eigenvalue weighted by molar-refractivity contribution is -0.138. The van der Waals surface area contributed by atoms with Crippen molar-refractivity contribution < 1.29 is 22.6 Å². The van der Waals surface area contributed by atoms with E-state index in [-0.39, 0.29) is 45.9 Å². The Labute approximate surface area is 232 Å². The van der Waals surface area contributed by atoms with Crippen LogP contribution in [0.25, 0.3) is 16.9 Å². The first-order chi connectivity index (χ1) is 19.2. The van der Waals surface area contributed by atoms with Crippen molar-refractivity contribution in [1.29, 1.82) is 0 Å². The minimum Gasteiger partial charge on any atom is -0.450 e. The van der Waals surface area contributed by atoms with Crippen LogP contribution in [0.4, 0.5) is 24.8 Å². The molecule has 0 spiro atoms. The molecule has 40 heavy (non-hydrogen) atoms. The summed E-state index contributed by atoms with van der Waals surface area (Å²) in [5, 5.41) is 3.15. The van der Waals surface area contributed by atoms with Crippen LogP contribution in [0.3, 0.4) is 0 Å². The number of alkyl halides is 3. The van der Waals surface area contributed by atoms with Crippen LogP contribution in [0.2, 0.25) is 5.02 Å². The molecule has 0 amide bonds. The number of nitrogens with zero attached hydrogens (tertiary/aromatic N) is 6. The van der Waals surface area contributed by atoms with Crippen molar-refractivity contribution in [2.75, 3.05) is 31.6 Å². The molecule has 0 aliphatic carbocycles. The number of halogens is 4. The topological polar surface area (TPSA) is 116 Å². The van der Waals surface area contributed by atoms with Crippen molar-refractivity contribution in [2.24, 2.45) is 12.8 Å². The van der Waals surface area contributed by atoms with Crippen molar-refractivity contribution in [2.45, 2.75) is 19.1 Å². The largest absolute Gasteiger partial charge is 0.450 e. The van der Waals surface area contributed by atoms with Gasteiger partial charge in [0.05, 0.1) is 24.6 Å². The van der Waals surface area contributed by atoms with Gasteiger partial charge in [0.2, 0.25) is 5.95 Å². The number of aryl methyl sites for hydroxylation is 1. The molecule has 3 aromatic heterocycles. The number of imidazole rings is 1. The first-order valence-corrected chi connectivity index (χ1v) is 12.8. The van der Waals surface area contributed by atoms with Crippen molar-refractivity contribution >= 4 is 40.2 Å². The smallest absolute Gasteiger partial charge is 0.416 e. The molecule has 4 aromatic rings. The molecule has 1 aliphatic rings. The van der Waals surface area contributed by atoms with Gasteiger partial charge in [-0.25, -0.2) is 9.97 Å². The second-order valence-corrected chi connectivity index (χ2v) is 9.44. The molecule has 0 bridgehead atoms. The second-order valence-electron chi connectivity index (χ2n) is 9.06. The van der Waals surface area contributed by atoms with E-state index < -0.39 is 11.7 Å². The van der Waals surface area contributed by atoms with Crippen molar-refractivity contribution in [3.05, 3.63) is 71.0 Å². The van der Waals surface area contributed by atoms with E-state index in [1.807, 2.05) is 4.90 Å². The van der Waals surface area contributed by atoms with Crippen molar-refractivity contribution in [1.82, 2.24) is 29.4 Å². The summed E-state index contributed by atoms with van der Waals surface area (Å²) in [6, 6.07) is 4.18. The molecule has 0 saturated carbocycles. The average molecular weight is 575 g/mol. The first-order valence-electron chi connectivity index (χ1n) is 12.4. The Morgan fingerprint density at radius 1 is 1.20 bits per heavy atom. The minimum absolute atomic E-state index is 0.181. The number of benzene rings is 1. The number of anilines is 2. The van der Waals surface area contributed by atoms with Gasteiger partial charge in [0.15, 0.2) is 17.2 Å². The first kappa shape index (κ1) is 27.6. The summed E-state index contributed by atoms with van der Waals surface area (Å²) < 4.78 is 55.0. The lowest BCUT2D eigenvalue weighted by atomic mass is 10.0. The summed E-state index contributed by atoms with van der Waals surface area (Å²) in [6.45, 7) is 2.56. The zero-order valence-corrected chi connectivity index (χ0v) is 22.2. The van der Waals surface area contributed by atoms with E-state index in [1.165, 1.54) is 37.1 Å². The Balaban J connectivity index is 1.42. The average Bonchev–Trinajstić information content (AvgIpc) is 3.08. The number of nitrogens with two attached hydrogens (primary N) is 1. The van der Waals surface area contributed by atoms with E-state index in [4.69, 9.17) is 26.8 Å². The summed E-state index contributed by atoms with van der Waals surface area (Å²) in [6.07, 6.45) is 3.34. The third-order valence-corrected chi connectivity index (χ3v) is 6.74. The fraction of sp³-hybridized carbons (Fsp3) is 0.308. The lowest BCUT2D eigenvalue weighted by Gasteiger charge is -2.22. The predicted octanol–water partition coefficient (Wildman–Crippen LogP) is 4.73. The highest BCUT2D eigenvalue weighted by Crippen LogP contribution is 2.37. The van der Waals surface area contributed by atoms with Crippen LogP contribution in [-0.2, 0) is 24.5 Å². The summed E-state index contributed by atoms with van der Waals surface area (Å²) in [7, 11) is 1.66. The molecule has 1 fully saturated rings. The molecule has 5 rings (SSSR count). The fourth-order valence-electron chi connectivity index (χ4n) is 4.39. The normalized spacial score (nSPS) is 15.3. The van der Waals surface area contributed by atoms with E-state index in [1.54, 1.807) is 17.7 Å². The van der Waals surface area contributed by atoms with Crippen LogP contribution in [0.15, 0.2) is 49.2 Å². The highest BCUT2D eigenvalue weighted by atomic mass is 35.5. The van der Waals surface area contributed by atoms with Crippen LogP contribution >= 0.6 is 11.6 Å². The molecule has 0 radical (unpaired) electrons. The Kier molecular flexibility index (Phi) is 8.05. The van der Waals surface area contributed by atoms with E-state index in [0.717, 1.165) is 12.5 Å². The maximum absolute atomic E-state index is 14.0. The maximum atomic E-state index is 14.0. The van der Waals surface area contributed by atoms with Gasteiger partial charge in [0.25, 0.3) is 0 Å². The summed E-state index contributed by atoms with van der Waals surface area (Å²) >= 11 is 6.64. The third kappa shape index (κ3) is 5.96. The Morgan fingerprint density at radius 3 is 2.80 bits per heavy atom. The van der Waals surface area contributed by atoms with Gasteiger partial charge in [-0.2, -0.15) is 18.2 Å². The number of pyridine rings is 1. The molecule has 14 heteroatoms. The number of nitrogens with one attached hydrogen (secondary N) is 1. The molecule has 3 N–H and O–H groups in total. The van der Waals surface area contributed by atoms with Crippen molar-refractivity contribution in [3.63, 3.8) is 0 Å². The van der Waals surface area contributed by atoms with E-state index in [9.17, 15) is 13.2 Å². The zero-order chi connectivity index (χ0) is 28.3. The van der Waals surface area contributed by atoms with Crippen LogP contribution in [-0.4, -0.2) is 55.7 Å². The number of ether oxygens (including phenoxy) is 2. The fourth-order valence-corrected chi connectivity index (χ4v) is 4.69. The van der Waals surface area contributed by atoms with Crippen LogP contribution in [0, 0.1) is 0 Å². The summed E-state index contributed by atoms with van der Waals surface area (Å²) in [5.74, 6) is 0.647. The Hall–Kier alpha value is -3.94. The maximum Gasteiger partial charge on any atom is 0.416 e. The quantitative estimate of drug-likeness (QED) is 0.302. The number of rotatable bonds is 7. The summed E-state index contributed by atoms with van der Waals surface area (Å²) in [5.41, 5.74) is 6.50. The van der Waals surface area contributed by atoms with E-state index >= 15 is 0 Å². The predicted molar refractivity (Wildman–Crippen MR) is 144 cm³/mol. The molecule has 0 unspecified atom stereocenters. The number of aromatic nitrogens is 5. The van der Waals surface area contributed by atoms with Gasteiger partial charge >= 0.3 is 6.18 Å². The van der Waals surface area contributed by atoms with Crippen LogP contribution < -0.4 is 15.8 Å². The monoisotopic (exact) mass is 574 g/mol. The molecule has 4 heterocycles. The van der Waals surface area contributed by atoms with Gasteiger partial charge in [-0.1, -0.05) is 17.7 Å². The van der Waals surface area contributed by atoms with E-state index in [0.29, 0.717) is 37.5 Å². The molecular weight excluding hydrogens is 549 g/mol. The van der Waals surface area contributed by atoms with E-state index in [2.05, 4.69) is 25.3 Å². The Bertz CT molecular complexity index is 1520. The standard InChI is InChI=1S/C26H26ClF3N8O2/c1-37-23-22(27)21(40-20(12-31)19-13-32-5-6-33-19)14-34-24(23)36-25(37)35-17-4-3-16(18(11-17)26(28,29)30)15-38-7-2-9-39-10-8-38/h3-6,11-14H,2,7-10,15,31H2,1H3,(H,34,35,36). The van der Waals surface area contributed by atoms with Gasteiger partial charge in [0, 0.05) is 57.6 Å². The van der Waals surface area contributed by atoms with Gasteiger partial charge in [-0.3, -0.25) is 9.88 Å². The molecule has 1 saturated heterocycles.